The number of aryl methyl sites for hydroxylation is 1. The van der Waals surface area contributed by atoms with Gasteiger partial charge in [0.15, 0.2) is 5.17 Å². The van der Waals surface area contributed by atoms with Crippen LogP contribution in [0.4, 0.5) is 5.69 Å². The first-order valence-electron chi connectivity index (χ1n) is 10.1. The number of thiophene rings is 1. The second kappa shape index (κ2) is 8.57. The van der Waals surface area contributed by atoms with Crippen LogP contribution in [0.3, 0.4) is 0 Å². The summed E-state index contributed by atoms with van der Waals surface area (Å²) in [5.74, 6) is 0.737. The highest BCUT2D eigenvalue weighted by Crippen LogP contribution is 2.39. The van der Waals surface area contributed by atoms with E-state index in [2.05, 4.69) is 46.6 Å². The highest BCUT2D eigenvalue weighted by atomic mass is 35.5. The molecule has 1 amide bonds. The Morgan fingerprint density at radius 3 is 2.68 bits per heavy atom. The number of hydrogen-bond acceptors (Lipinski definition) is 6. The summed E-state index contributed by atoms with van der Waals surface area (Å²) in [7, 11) is 0. The monoisotopic (exact) mass is 468 g/mol. The summed E-state index contributed by atoms with van der Waals surface area (Å²) in [5, 5.41) is 8.13. The fourth-order valence-electron chi connectivity index (χ4n) is 3.76. The molecule has 158 valence electrons. The maximum Gasteiger partial charge on any atom is 0.269 e. The van der Waals surface area contributed by atoms with E-state index in [9.17, 15) is 4.79 Å². The second-order valence-electron chi connectivity index (χ2n) is 7.39. The minimum atomic E-state index is -0.339. The highest BCUT2D eigenvalue weighted by Gasteiger charge is 2.43. The summed E-state index contributed by atoms with van der Waals surface area (Å²) in [6, 6.07) is 18.3. The second-order valence-corrected chi connectivity index (χ2v) is 9.65. The van der Waals surface area contributed by atoms with Crippen molar-refractivity contribution >= 4 is 51.5 Å². The predicted molar refractivity (Wildman–Crippen MR) is 130 cm³/mol. The third-order valence-corrected chi connectivity index (χ3v) is 7.74. The first-order chi connectivity index (χ1) is 15.2. The first-order valence-corrected chi connectivity index (χ1v) is 12.3. The van der Waals surface area contributed by atoms with Crippen LogP contribution >= 0.6 is 34.7 Å². The maximum absolute atomic E-state index is 13.3. The number of hydrazone groups is 1. The lowest BCUT2D eigenvalue weighted by molar-refractivity contribution is 0.0629. The predicted octanol–water partition coefficient (Wildman–Crippen LogP) is 5.52. The van der Waals surface area contributed by atoms with E-state index in [1.165, 1.54) is 16.9 Å². The fraction of sp³-hybridized carbons (Fsp3) is 0.217. The number of anilines is 1. The van der Waals surface area contributed by atoms with Gasteiger partial charge in [0.25, 0.3) is 5.91 Å². The van der Waals surface area contributed by atoms with Crippen molar-refractivity contribution in [1.29, 1.82) is 0 Å². The van der Waals surface area contributed by atoms with Crippen LogP contribution in [0.2, 0.25) is 5.02 Å². The Morgan fingerprint density at radius 1 is 1.13 bits per heavy atom. The van der Waals surface area contributed by atoms with Crippen LogP contribution < -0.4 is 10.3 Å². The van der Waals surface area contributed by atoms with Crippen molar-refractivity contribution in [2.75, 3.05) is 4.90 Å². The molecule has 0 radical (unpaired) electrons. The number of amidine groups is 1. The van der Waals surface area contributed by atoms with Gasteiger partial charge >= 0.3 is 0 Å². The molecule has 5 nitrogen and oxygen atoms in total. The maximum atomic E-state index is 13.3. The zero-order valence-corrected chi connectivity index (χ0v) is 19.3. The highest BCUT2D eigenvalue weighted by molar-refractivity contribution is 8.13. The van der Waals surface area contributed by atoms with Crippen molar-refractivity contribution in [1.82, 2.24) is 10.3 Å². The van der Waals surface area contributed by atoms with Crippen LogP contribution in [-0.4, -0.2) is 22.3 Å². The molecule has 31 heavy (non-hydrogen) atoms. The minimum absolute atomic E-state index is 0.0332. The summed E-state index contributed by atoms with van der Waals surface area (Å²) in [4.78, 5) is 18.0. The SMILES string of the molecule is CCc1ccc(CN2C(=O)c3sccc3N3C(SCc4ccccc4Cl)=NNC23)cc1. The van der Waals surface area contributed by atoms with Crippen LogP contribution in [0.15, 0.2) is 65.1 Å². The van der Waals surface area contributed by atoms with Crippen molar-refractivity contribution in [3.63, 3.8) is 0 Å². The van der Waals surface area contributed by atoms with Crippen LogP contribution in [-0.2, 0) is 18.7 Å². The van der Waals surface area contributed by atoms with Crippen LogP contribution in [0.5, 0.6) is 0 Å². The number of thioether (sulfide) groups is 1. The molecule has 0 aliphatic carbocycles. The molecular weight excluding hydrogens is 448 g/mol. The van der Waals surface area contributed by atoms with Crippen molar-refractivity contribution in [3.05, 3.63) is 86.6 Å². The zero-order valence-electron chi connectivity index (χ0n) is 16.9. The average molecular weight is 469 g/mol. The van der Waals surface area contributed by atoms with Gasteiger partial charge in [-0.2, -0.15) is 5.10 Å². The average Bonchev–Trinajstić information content (AvgIpc) is 3.44. The molecule has 0 spiro atoms. The Balaban J connectivity index is 1.40. The molecule has 3 heterocycles. The number of amides is 1. The van der Waals surface area contributed by atoms with E-state index in [0.29, 0.717) is 12.3 Å². The lowest BCUT2D eigenvalue weighted by Gasteiger charge is -2.39. The van der Waals surface area contributed by atoms with Gasteiger partial charge in [-0.1, -0.05) is 72.8 Å². The quantitative estimate of drug-likeness (QED) is 0.535. The van der Waals surface area contributed by atoms with Gasteiger partial charge in [0, 0.05) is 17.3 Å². The van der Waals surface area contributed by atoms with E-state index in [4.69, 9.17) is 11.6 Å². The number of hydrogen-bond donors (Lipinski definition) is 1. The molecule has 2 aliphatic heterocycles. The Kier molecular flexibility index (Phi) is 5.65. The third-order valence-electron chi connectivity index (χ3n) is 5.48. The van der Waals surface area contributed by atoms with Crippen LogP contribution in [0.1, 0.15) is 33.3 Å². The summed E-state index contributed by atoms with van der Waals surface area (Å²) >= 11 is 9.42. The Bertz CT molecular complexity index is 1140. The molecule has 1 N–H and O–H groups in total. The van der Waals surface area contributed by atoms with Crippen molar-refractivity contribution in [2.45, 2.75) is 31.9 Å². The number of halogens is 1. The molecule has 1 aromatic heterocycles. The topological polar surface area (TPSA) is 47.9 Å². The molecule has 0 saturated heterocycles. The Morgan fingerprint density at radius 2 is 1.90 bits per heavy atom. The molecule has 0 fully saturated rings. The standard InChI is InChI=1S/C23H21ClN4OS2/c1-2-15-7-9-16(10-8-15)13-27-21(29)20-19(11-12-30-20)28-22(27)25-26-23(28)31-14-17-5-3-4-6-18(17)24/h3-12,22,25H,2,13-14H2,1H3. The number of rotatable bonds is 5. The van der Waals surface area contributed by atoms with Gasteiger partial charge in [-0.15, -0.1) is 11.3 Å². The fourth-order valence-corrected chi connectivity index (χ4v) is 5.87. The number of carbonyl (C=O) groups is 1. The molecular formula is C23H21ClN4OS2. The van der Waals surface area contributed by atoms with E-state index < -0.39 is 0 Å². The van der Waals surface area contributed by atoms with Crippen molar-refractivity contribution in [3.8, 4) is 0 Å². The van der Waals surface area contributed by atoms with E-state index >= 15 is 0 Å². The van der Waals surface area contributed by atoms with E-state index in [-0.39, 0.29) is 12.2 Å². The summed E-state index contributed by atoms with van der Waals surface area (Å²) < 4.78 is 0. The van der Waals surface area contributed by atoms with E-state index in [1.54, 1.807) is 11.8 Å². The molecule has 2 aromatic carbocycles. The molecule has 2 aliphatic rings. The van der Waals surface area contributed by atoms with Gasteiger partial charge in [0.1, 0.15) is 4.88 Å². The lowest BCUT2D eigenvalue weighted by Crippen LogP contribution is -2.57. The van der Waals surface area contributed by atoms with Gasteiger partial charge < -0.3 is 0 Å². The normalized spacial score (nSPS) is 17.3. The lowest BCUT2D eigenvalue weighted by atomic mass is 10.1. The number of benzene rings is 2. The van der Waals surface area contributed by atoms with Crippen molar-refractivity contribution in [2.24, 2.45) is 5.10 Å². The van der Waals surface area contributed by atoms with Gasteiger partial charge in [-0.3, -0.25) is 20.0 Å². The third kappa shape index (κ3) is 3.82. The summed E-state index contributed by atoms with van der Waals surface area (Å²) in [5.41, 5.74) is 7.55. The van der Waals surface area contributed by atoms with E-state index in [0.717, 1.165) is 38.3 Å². The molecule has 5 rings (SSSR count). The molecule has 0 saturated carbocycles. The largest absolute Gasteiger partial charge is 0.294 e. The molecule has 1 unspecified atom stereocenters. The van der Waals surface area contributed by atoms with Gasteiger partial charge in [0.2, 0.25) is 6.29 Å². The summed E-state index contributed by atoms with van der Waals surface area (Å²) in [6.07, 6.45) is 0.661. The molecule has 3 aromatic rings. The number of carbonyl (C=O) groups excluding carboxylic acids is 1. The Hall–Kier alpha value is -2.48. The molecule has 8 heteroatoms. The van der Waals surface area contributed by atoms with Gasteiger partial charge in [0.05, 0.1) is 5.69 Å². The van der Waals surface area contributed by atoms with Crippen molar-refractivity contribution < 1.29 is 4.79 Å². The smallest absolute Gasteiger partial charge is 0.269 e. The number of nitrogens with zero attached hydrogens (tertiary/aromatic N) is 3. The number of nitrogens with one attached hydrogen (secondary N) is 1. The van der Waals surface area contributed by atoms with Crippen LogP contribution in [0, 0.1) is 0 Å². The van der Waals surface area contributed by atoms with Gasteiger partial charge in [-0.25, -0.2) is 0 Å². The van der Waals surface area contributed by atoms with E-state index in [1.807, 2.05) is 40.6 Å². The zero-order chi connectivity index (χ0) is 21.4. The Labute approximate surface area is 194 Å². The molecule has 0 bridgehead atoms. The van der Waals surface area contributed by atoms with Crippen LogP contribution in [0.25, 0.3) is 0 Å². The first kappa shape index (κ1) is 20.4. The van der Waals surface area contributed by atoms with Gasteiger partial charge in [-0.05, 0) is 40.6 Å². The summed E-state index contributed by atoms with van der Waals surface area (Å²) in [6.45, 7) is 2.66. The molecule has 1 atom stereocenters. The minimum Gasteiger partial charge on any atom is -0.294 e. The number of fused-ring (bicyclic) bond motifs is 3.